The molecule has 1 aromatic rings. The fourth-order valence-electron chi connectivity index (χ4n) is 2.49. The maximum absolute atomic E-state index is 11.6. The minimum Gasteiger partial charge on any atom is -0.383 e. The number of sulfone groups is 1. The van der Waals surface area contributed by atoms with E-state index in [0.717, 1.165) is 5.82 Å². The highest BCUT2D eigenvalue weighted by Gasteiger charge is 2.32. The zero-order valence-electron chi connectivity index (χ0n) is 12.4. The van der Waals surface area contributed by atoms with Crippen LogP contribution in [0.2, 0.25) is 0 Å². The molecule has 0 spiro atoms. The molecule has 1 unspecified atom stereocenters. The summed E-state index contributed by atoms with van der Waals surface area (Å²) in [6, 6.07) is 1.82. The zero-order valence-corrected chi connectivity index (χ0v) is 13.3. The molecule has 21 heavy (non-hydrogen) atoms. The number of nitrogens with zero attached hydrogens (tertiary/aromatic N) is 3. The van der Waals surface area contributed by atoms with Gasteiger partial charge in [-0.1, -0.05) is 0 Å². The van der Waals surface area contributed by atoms with E-state index >= 15 is 0 Å². The van der Waals surface area contributed by atoms with Crippen LogP contribution in [0.15, 0.2) is 12.3 Å². The van der Waals surface area contributed by atoms with Gasteiger partial charge in [0.2, 0.25) is 5.95 Å². The van der Waals surface area contributed by atoms with Crippen molar-refractivity contribution < 1.29 is 13.2 Å². The number of anilines is 2. The fourth-order valence-corrected chi connectivity index (χ4v) is 4.22. The molecular formula is C13H22N4O3S. The molecule has 1 saturated heterocycles. The van der Waals surface area contributed by atoms with Crippen molar-refractivity contribution in [1.82, 2.24) is 9.97 Å². The van der Waals surface area contributed by atoms with Crippen LogP contribution in [0.1, 0.15) is 13.3 Å². The van der Waals surface area contributed by atoms with Crippen molar-refractivity contribution in [2.24, 2.45) is 0 Å². The highest BCUT2D eigenvalue weighted by Crippen LogP contribution is 2.23. The average molecular weight is 314 g/mol. The molecule has 1 aliphatic heterocycles. The summed E-state index contributed by atoms with van der Waals surface area (Å²) in [6.45, 7) is 3.93. The van der Waals surface area contributed by atoms with Gasteiger partial charge in [-0.25, -0.2) is 13.4 Å². The van der Waals surface area contributed by atoms with Crippen molar-refractivity contribution in [3.05, 3.63) is 12.3 Å². The quantitative estimate of drug-likeness (QED) is 0.736. The molecule has 8 heteroatoms. The third-order valence-electron chi connectivity index (χ3n) is 3.51. The first-order chi connectivity index (χ1) is 10.1. The topological polar surface area (TPSA) is 84.4 Å². The van der Waals surface area contributed by atoms with Gasteiger partial charge in [-0.3, -0.25) is 0 Å². The van der Waals surface area contributed by atoms with E-state index in [9.17, 15) is 8.42 Å². The van der Waals surface area contributed by atoms with Crippen LogP contribution in [-0.2, 0) is 14.6 Å². The van der Waals surface area contributed by atoms with Gasteiger partial charge in [0, 0.05) is 32.4 Å². The molecule has 0 saturated carbocycles. The number of aromatic nitrogens is 2. The third-order valence-corrected chi connectivity index (χ3v) is 5.26. The van der Waals surface area contributed by atoms with Crippen molar-refractivity contribution >= 4 is 21.6 Å². The van der Waals surface area contributed by atoms with E-state index in [4.69, 9.17) is 4.74 Å². The Morgan fingerprint density at radius 3 is 2.95 bits per heavy atom. The summed E-state index contributed by atoms with van der Waals surface area (Å²) < 4.78 is 28.3. The summed E-state index contributed by atoms with van der Waals surface area (Å²) in [6.07, 6.45) is 2.34. The molecule has 1 aliphatic rings. The van der Waals surface area contributed by atoms with Gasteiger partial charge >= 0.3 is 0 Å². The monoisotopic (exact) mass is 314 g/mol. The second-order valence-electron chi connectivity index (χ2n) is 5.00. The van der Waals surface area contributed by atoms with Crippen molar-refractivity contribution in [2.45, 2.75) is 19.4 Å². The first kappa shape index (κ1) is 16.0. The fraction of sp³-hybridized carbons (Fsp3) is 0.692. The lowest BCUT2D eigenvalue weighted by Gasteiger charge is -2.28. The van der Waals surface area contributed by atoms with Gasteiger partial charge in [0.1, 0.15) is 5.82 Å². The lowest BCUT2D eigenvalue weighted by Crippen LogP contribution is -2.36. The van der Waals surface area contributed by atoms with Gasteiger partial charge in [-0.15, -0.1) is 0 Å². The Kier molecular flexibility index (Phi) is 5.35. The molecule has 0 aromatic carbocycles. The SMILES string of the molecule is CCN(c1ccnc(NCCOC)n1)C1CCS(=O)(=O)C1. The normalized spacial score (nSPS) is 20.4. The average Bonchev–Trinajstić information content (AvgIpc) is 2.81. The van der Waals surface area contributed by atoms with Crippen molar-refractivity contribution in [3.63, 3.8) is 0 Å². The first-order valence-electron chi connectivity index (χ1n) is 7.08. The summed E-state index contributed by atoms with van der Waals surface area (Å²) >= 11 is 0. The Bertz CT molecular complexity index is 564. The molecule has 0 radical (unpaired) electrons. The molecule has 1 fully saturated rings. The van der Waals surface area contributed by atoms with Crippen molar-refractivity contribution in [1.29, 1.82) is 0 Å². The van der Waals surface area contributed by atoms with Crippen LogP contribution in [-0.4, -0.2) is 62.7 Å². The van der Waals surface area contributed by atoms with Crippen LogP contribution in [0.3, 0.4) is 0 Å². The van der Waals surface area contributed by atoms with Crippen LogP contribution < -0.4 is 10.2 Å². The van der Waals surface area contributed by atoms with Crippen LogP contribution in [0.5, 0.6) is 0 Å². The lowest BCUT2D eigenvalue weighted by atomic mass is 10.2. The van der Waals surface area contributed by atoms with Crippen molar-refractivity contribution in [3.8, 4) is 0 Å². The van der Waals surface area contributed by atoms with E-state index in [0.29, 0.717) is 32.1 Å². The predicted molar refractivity (Wildman–Crippen MR) is 82.5 cm³/mol. The molecule has 2 heterocycles. The van der Waals surface area contributed by atoms with Gasteiger partial charge in [-0.05, 0) is 19.4 Å². The van der Waals surface area contributed by atoms with Gasteiger partial charge in [0.05, 0.1) is 18.1 Å². The lowest BCUT2D eigenvalue weighted by molar-refractivity contribution is 0.210. The van der Waals surface area contributed by atoms with Gasteiger partial charge < -0.3 is 15.0 Å². The summed E-state index contributed by atoms with van der Waals surface area (Å²) in [7, 11) is -1.27. The molecule has 118 valence electrons. The molecule has 0 aliphatic carbocycles. The van der Waals surface area contributed by atoms with E-state index in [2.05, 4.69) is 15.3 Å². The molecule has 1 atom stereocenters. The molecule has 1 aromatic heterocycles. The Morgan fingerprint density at radius 2 is 2.33 bits per heavy atom. The smallest absolute Gasteiger partial charge is 0.224 e. The van der Waals surface area contributed by atoms with Gasteiger partial charge in [-0.2, -0.15) is 4.98 Å². The van der Waals surface area contributed by atoms with Crippen LogP contribution in [0, 0.1) is 0 Å². The van der Waals surface area contributed by atoms with Gasteiger partial charge in [0.15, 0.2) is 9.84 Å². The highest BCUT2D eigenvalue weighted by molar-refractivity contribution is 7.91. The Labute approximate surface area is 125 Å². The van der Waals surface area contributed by atoms with E-state index in [1.165, 1.54) is 0 Å². The minimum absolute atomic E-state index is 0.00160. The summed E-state index contributed by atoms with van der Waals surface area (Å²) in [4.78, 5) is 10.7. The Morgan fingerprint density at radius 1 is 1.52 bits per heavy atom. The number of hydrogen-bond acceptors (Lipinski definition) is 7. The predicted octanol–water partition coefficient (Wildman–Crippen LogP) is 0.548. The first-order valence-corrected chi connectivity index (χ1v) is 8.91. The van der Waals surface area contributed by atoms with E-state index in [1.54, 1.807) is 13.3 Å². The molecule has 1 N–H and O–H groups in total. The summed E-state index contributed by atoms with van der Waals surface area (Å²) in [5, 5.41) is 3.08. The summed E-state index contributed by atoms with van der Waals surface area (Å²) in [5.74, 6) is 1.76. The Balaban J connectivity index is 2.09. The standard InChI is InChI=1S/C13H22N4O3S/c1-3-17(11-5-9-21(18,19)10-11)12-4-6-14-13(16-12)15-7-8-20-2/h4,6,11H,3,5,7-10H2,1-2H3,(H,14,15,16). The van der Waals surface area contributed by atoms with E-state index in [1.807, 2.05) is 17.9 Å². The minimum atomic E-state index is -2.90. The maximum atomic E-state index is 11.6. The zero-order chi connectivity index (χ0) is 15.3. The summed E-state index contributed by atoms with van der Waals surface area (Å²) in [5.41, 5.74) is 0. The van der Waals surface area contributed by atoms with Crippen molar-refractivity contribution in [2.75, 3.05) is 48.5 Å². The second kappa shape index (κ2) is 7.04. The molecule has 0 amide bonds. The Hall–Kier alpha value is -1.41. The van der Waals surface area contributed by atoms with Crippen LogP contribution in [0.25, 0.3) is 0 Å². The van der Waals surface area contributed by atoms with Gasteiger partial charge in [0.25, 0.3) is 0 Å². The molecular weight excluding hydrogens is 292 g/mol. The van der Waals surface area contributed by atoms with E-state index in [-0.39, 0.29) is 17.5 Å². The number of nitrogens with one attached hydrogen (secondary N) is 1. The number of methoxy groups -OCH3 is 1. The molecule has 0 bridgehead atoms. The second-order valence-corrected chi connectivity index (χ2v) is 7.23. The molecule has 2 rings (SSSR count). The molecule has 7 nitrogen and oxygen atoms in total. The number of rotatable bonds is 7. The van der Waals surface area contributed by atoms with E-state index < -0.39 is 9.84 Å². The highest BCUT2D eigenvalue weighted by atomic mass is 32.2. The van der Waals surface area contributed by atoms with Crippen LogP contribution in [0.4, 0.5) is 11.8 Å². The number of ether oxygens (including phenoxy) is 1. The maximum Gasteiger partial charge on any atom is 0.224 e. The largest absolute Gasteiger partial charge is 0.383 e. The third kappa shape index (κ3) is 4.28. The van der Waals surface area contributed by atoms with Crippen LogP contribution >= 0.6 is 0 Å². The number of hydrogen-bond donors (Lipinski definition) is 1.